The Morgan fingerprint density at radius 2 is 1.52 bits per heavy atom. The summed E-state index contributed by atoms with van der Waals surface area (Å²) >= 11 is 0. The summed E-state index contributed by atoms with van der Waals surface area (Å²) in [5.41, 5.74) is 3.17. The number of rotatable bonds is 6. The third-order valence-corrected chi connectivity index (χ3v) is 4.96. The first-order valence-electron chi connectivity index (χ1n) is 9.08. The van der Waals surface area contributed by atoms with E-state index in [9.17, 15) is 4.79 Å². The molecule has 25 heavy (non-hydrogen) atoms. The molecule has 0 N–H and O–H groups in total. The Bertz CT molecular complexity index is 794. The predicted molar refractivity (Wildman–Crippen MR) is 97.6 cm³/mol. The number of benzene rings is 2. The fraction of sp³-hybridized carbons (Fsp3) is 0.381. The van der Waals surface area contributed by atoms with Crippen molar-refractivity contribution in [3.05, 3.63) is 47.5 Å². The van der Waals surface area contributed by atoms with E-state index in [1.807, 2.05) is 43.3 Å². The minimum Gasteiger partial charge on any atom is -0.493 e. The lowest BCUT2D eigenvalue weighted by molar-refractivity contribution is 0.104. The fourth-order valence-electron chi connectivity index (χ4n) is 3.79. The van der Waals surface area contributed by atoms with Crippen molar-refractivity contribution in [1.82, 2.24) is 4.90 Å². The molecule has 2 aromatic carbocycles. The van der Waals surface area contributed by atoms with Crippen LogP contribution in [-0.4, -0.2) is 43.5 Å². The van der Waals surface area contributed by atoms with E-state index in [4.69, 9.17) is 9.47 Å². The minimum atomic E-state index is 0.0524. The monoisotopic (exact) mass is 337 g/mol. The molecular formula is C21H23NO3. The van der Waals surface area contributed by atoms with Gasteiger partial charge in [-0.25, -0.2) is 0 Å². The van der Waals surface area contributed by atoms with Gasteiger partial charge in [0.05, 0.1) is 6.61 Å². The number of nitrogens with zero attached hydrogens (tertiary/aromatic N) is 1. The quantitative estimate of drug-likeness (QED) is 0.686. The topological polar surface area (TPSA) is 38.8 Å². The van der Waals surface area contributed by atoms with Crippen molar-refractivity contribution in [2.24, 2.45) is 0 Å². The molecule has 1 aliphatic heterocycles. The largest absolute Gasteiger partial charge is 0.493 e. The first-order valence-corrected chi connectivity index (χ1v) is 9.08. The van der Waals surface area contributed by atoms with E-state index in [0.717, 1.165) is 42.3 Å². The average molecular weight is 337 g/mol. The highest BCUT2D eigenvalue weighted by atomic mass is 16.5. The fourth-order valence-corrected chi connectivity index (χ4v) is 3.79. The van der Waals surface area contributed by atoms with Gasteiger partial charge in [-0.2, -0.15) is 0 Å². The van der Waals surface area contributed by atoms with Crippen molar-refractivity contribution in [3.8, 4) is 22.6 Å². The average Bonchev–Trinajstić information content (AvgIpc) is 3.24. The van der Waals surface area contributed by atoms with Gasteiger partial charge in [-0.05, 0) is 45.0 Å². The molecule has 130 valence electrons. The number of ether oxygens (including phenoxy) is 2. The summed E-state index contributed by atoms with van der Waals surface area (Å²) in [6, 6.07) is 11.4. The molecule has 0 unspecified atom stereocenters. The lowest BCUT2D eigenvalue weighted by atomic mass is 10.0. The van der Waals surface area contributed by atoms with Crippen molar-refractivity contribution in [3.63, 3.8) is 0 Å². The van der Waals surface area contributed by atoms with E-state index in [1.54, 1.807) is 0 Å². The van der Waals surface area contributed by atoms with Gasteiger partial charge in [-0.1, -0.05) is 24.3 Å². The Balaban J connectivity index is 1.65. The van der Waals surface area contributed by atoms with Gasteiger partial charge in [0.2, 0.25) is 0 Å². The third kappa shape index (κ3) is 2.91. The van der Waals surface area contributed by atoms with E-state index in [0.29, 0.717) is 24.3 Å². The van der Waals surface area contributed by atoms with Crippen LogP contribution in [0.5, 0.6) is 11.5 Å². The van der Waals surface area contributed by atoms with Gasteiger partial charge in [0.15, 0.2) is 5.78 Å². The number of ketones is 1. The molecule has 0 spiro atoms. The molecule has 0 saturated carbocycles. The van der Waals surface area contributed by atoms with Gasteiger partial charge >= 0.3 is 0 Å². The summed E-state index contributed by atoms with van der Waals surface area (Å²) in [4.78, 5) is 15.2. The van der Waals surface area contributed by atoms with Crippen molar-refractivity contribution >= 4 is 5.78 Å². The zero-order valence-electron chi connectivity index (χ0n) is 14.6. The number of likely N-dealkylation sites (tertiary alicyclic amines) is 1. The van der Waals surface area contributed by atoms with Gasteiger partial charge in [0, 0.05) is 28.8 Å². The van der Waals surface area contributed by atoms with Crippen LogP contribution in [0.25, 0.3) is 11.1 Å². The Labute approximate surface area is 148 Å². The SMILES string of the molecule is CCOc1cccc2c1-c1c(OCCN3CCCC3)cccc1C2=O. The van der Waals surface area contributed by atoms with Crippen LogP contribution in [0.3, 0.4) is 0 Å². The first kappa shape index (κ1) is 16.2. The number of hydrogen-bond donors (Lipinski definition) is 0. The smallest absolute Gasteiger partial charge is 0.194 e. The maximum absolute atomic E-state index is 12.8. The first-order chi connectivity index (χ1) is 12.3. The number of carbonyl (C=O) groups excluding carboxylic acids is 1. The summed E-state index contributed by atoms with van der Waals surface area (Å²) in [5, 5.41) is 0. The van der Waals surface area contributed by atoms with Gasteiger partial charge in [0.25, 0.3) is 0 Å². The van der Waals surface area contributed by atoms with E-state index < -0.39 is 0 Å². The third-order valence-electron chi connectivity index (χ3n) is 4.96. The second-order valence-electron chi connectivity index (χ2n) is 6.52. The summed E-state index contributed by atoms with van der Waals surface area (Å²) < 4.78 is 11.9. The number of hydrogen-bond acceptors (Lipinski definition) is 4. The van der Waals surface area contributed by atoms with Crippen LogP contribution in [0, 0.1) is 0 Å². The maximum atomic E-state index is 12.8. The van der Waals surface area contributed by atoms with Gasteiger partial charge in [-0.3, -0.25) is 9.69 Å². The molecule has 4 heteroatoms. The van der Waals surface area contributed by atoms with E-state index >= 15 is 0 Å². The summed E-state index contributed by atoms with van der Waals surface area (Å²) in [5.74, 6) is 1.58. The molecule has 1 aliphatic carbocycles. The van der Waals surface area contributed by atoms with E-state index in [2.05, 4.69) is 4.90 Å². The standard InChI is InChI=1S/C21H23NO3/c1-2-24-17-9-5-7-15-19(17)20-16(21(15)23)8-6-10-18(20)25-14-13-22-11-3-4-12-22/h5-10H,2-4,11-14H2,1H3. The van der Waals surface area contributed by atoms with Gasteiger partial charge < -0.3 is 9.47 Å². The zero-order valence-corrected chi connectivity index (χ0v) is 14.6. The highest BCUT2D eigenvalue weighted by Gasteiger charge is 2.32. The second kappa shape index (κ2) is 6.89. The lowest BCUT2D eigenvalue weighted by Gasteiger charge is -2.17. The van der Waals surface area contributed by atoms with Crippen LogP contribution in [0.4, 0.5) is 0 Å². The maximum Gasteiger partial charge on any atom is 0.194 e. The van der Waals surface area contributed by atoms with Crippen molar-refractivity contribution in [2.45, 2.75) is 19.8 Å². The summed E-state index contributed by atoms with van der Waals surface area (Å²) in [6.07, 6.45) is 2.56. The van der Waals surface area contributed by atoms with Crippen molar-refractivity contribution < 1.29 is 14.3 Å². The molecule has 0 radical (unpaired) electrons. The Kier molecular flexibility index (Phi) is 4.45. The number of carbonyl (C=O) groups is 1. The summed E-state index contributed by atoms with van der Waals surface area (Å²) in [6.45, 7) is 6.40. The molecule has 0 bridgehead atoms. The molecular weight excluding hydrogens is 314 g/mol. The Morgan fingerprint density at radius 1 is 0.920 bits per heavy atom. The van der Waals surface area contributed by atoms with E-state index in [1.165, 1.54) is 12.8 Å². The molecule has 0 atom stereocenters. The minimum absolute atomic E-state index is 0.0524. The van der Waals surface area contributed by atoms with Crippen LogP contribution in [0.1, 0.15) is 35.7 Å². The molecule has 2 aliphatic rings. The molecule has 1 heterocycles. The highest BCUT2D eigenvalue weighted by molar-refractivity contribution is 6.23. The number of fused-ring (bicyclic) bond motifs is 3. The van der Waals surface area contributed by atoms with Crippen LogP contribution in [-0.2, 0) is 0 Å². The van der Waals surface area contributed by atoms with Crippen molar-refractivity contribution in [1.29, 1.82) is 0 Å². The normalized spacial score (nSPS) is 16.0. The molecule has 2 aromatic rings. The lowest BCUT2D eigenvalue weighted by Crippen LogP contribution is -2.25. The zero-order chi connectivity index (χ0) is 17.2. The van der Waals surface area contributed by atoms with Crippen LogP contribution in [0.15, 0.2) is 36.4 Å². The molecule has 4 nitrogen and oxygen atoms in total. The van der Waals surface area contributed by atoms with Crippen LogP contribution in [0.2, 0.25) is 0 Å². The highest BCUT2D eigenvalue weighted by Crippen LogP contribution is 2.47. The predicted octanol–water partition coefficient (Wildman–Crippen LogP) is 3.77. The molecule has 0 amide bonds. The van der Waals surface area contributed by atoms with E-state index in [-0.39, 0.29) is 5.78 Å². The van der Waals surface area contributed by atoms with Crippen LogP contribution < -0.4 is 9.47 Å². The summed E-state index contributed by atoms with van der Waals surface area (Å²) in [7, 11) is 0. The second-order valence-corrected chi connectivity index (χ2v) is 6.52. The van der Waals surface area contributed by atoms with Gasteiger partial charge in [0.1, 0.15) is 18.1 Å². The van der Waals surface area contributed by atoms with Gasteiger partial charge in [-0.15, -0.1) is 0 Å². The van der Waals surface area contributed by atoms with Crippen molar-refractivity contribution in [2.75, 3.05) is 32.8 Å². The molecule has 1 fully saturated rings. The molecule has 0 aromatic heterocycles. The molecule has 1 saturated heterocycles. The van der Waals surface area contributed by atoms with Crippen LogP contribution >= 0.6 is 0 Å². The Morgan fingerprint density at radius 3 is 2.12 bits per heavy atom. The molecule has 4 rings (SSSR count). The Hall–Kier alpha value is -2.33.